The van der Waals surface area contributed by atoms with E-state index in [0.29, 0.717) is 0 Å². The van der Waals surface area contributed by atoms with Crippen LogP contribution in [0.15, 0.2) is 35.1 Å². The molecular formula is C9H10O2S. The SMILES string of the molecule is CSc1ccc(C=C(O)O)cc1. The van der Waals surface area contributed by atoms with Crippen LogP contribution < -0.4 is 0 Å². The second kappa shape index (κ2) is 4.07. The van der Waals surface area contributed by atoms with Crippen LogP contribution in [0.25, 0.3) is 6.08 Å². The molecule has 0 aliphatic heterocycles. The van der Waals surface area contributed by atoms with E-state index < -0.39 is 5.95 Å². The molecule has 0 bridgehead atoms. The van der Waals surface area contributed by atoms with Gasteiger partial charge in [-0.05, 0) is 24.0 Å². The van der Waals surface area contributed by atoms with Gasteiger partial charge in [-0.15, -0.1) is 11.8 Å². The molecule has 12 heavy (non-hydrogen) atoms. The number of aliphatic hydroxyl groups is 2. The summed E-state index contributed by atoms with van der Waals surface area (Å²) in [7, 11) is 0. The van der Waals surface area contributed by atoms with Crippen molar-refractivity contribution in [3.63, 3.8) is 0 Å². The summed E-state index contributed by atoms with van der Waals surface area (Å²) in [4.78, 5) is 1.16. The molecule has 1 aromatic rings. The summed E-state index contributed by atoms with van der Waals surface area (Å²) in [5.41, 5.74) is 0.785. The maximum absolute atomic E-state index is 8.54. The Morgan fingerprint density at radius 1 is 1.25 bits per heavy atom. The summed E-state index contributed by atoms with van der Waals surface area (Å²) in [5, 5.41) is 17.1. The number of rotatable bonds is 2. The molecule has 0 fully saturated rings. The minimum absolute atomic E-state index is 0.660. The molecule has 0 heterocycles. The van der Waals surface area contributed by atoms with Gasteiger partial charge in [0.2, 0.25) is 0 Å². The number of thioether (sulfide) groups is 1. The molecule has 0 radical (unpaired) electrons. The van der Waals surface area contributed by atoms with Crippen LogP contribution in [0.4, 0.5) is 0 Å². The van der Waals surface area contributed by atoms with Crippen LogP contribution in [0.2, 0.25) is 0 Å². The number of hydrogen-bond donors (Lipinski definition) is 2. The summed E-state index contributed by atoms with van der Waals surface area (Å²) in [6, 6.07) is 7.52. The zero-order valence-electron chi connectivity index (χ0n) is 6.69. The molecule has 1 rings (SSSR count). The van der Waals surface area contributed by atoms with Gasteiger partial charge in [0, 0.05) is 11.0 Å². The molecule has 0 saturated heterocycles. The van der Waals surface area contributed by atoms with Gasteiger partial charge >= 0.3 is 0 Å². The molecule has 1 aromatic carbocycles. The standard InChI is InChI=1S/C9H10O2S/c1-12-8-4-2-7(3-5-8)6-9(10)11/h2-6,10-11H,1H3. The van der Waals surface area contributed by atoms with E-state index in [0.717, 1.165) is 10.5 Å². The van der Waals surface area contributed by atoms with Gasteiger partial charge < -0.3 is 10.2 Å². The maximum atomic E-state index is 8.54. The van der Waals surface area contributed by atoms with E-state index in [4.69, 9.17) is 10.2 Å². The topological polar surface area (TPSA) is 40.5 Å². The lowest BCUT2D eigenvalue weighted by molar-refractivity contribution is 0.197. The van der Waals surface area contributed by atoms with Crippen molar-refractivity contribution >= 4 is 17.8 Å². The van der Waals surface area contributed by atoms with E-state index in [1.165, 1.54) is 6.08 Å². The number of aliphatic hydroxyl groups excluding tert-OH is 1. The van der Waals surface area contributed by atoms with Crippen LogP contribution in [0, 0.1) is 0 Å². The van der Waals surface area contributed by atoms with E-state index in [2.05, 4.69) is 0 Å². The first-order valence-corrected chi connectivity index (χ1v) is 4.68. The monoisotopic (exact) mass is 182 g/mol. The highest BCUT2D eigenvalue weighted by molar-refractivity contribution is 7.98. The van der Waals surface area contributed by atoms with E-state index >= 15 is 0 Å². The average Bonchev–Trinajstić information content (AvgIpc) is 2.05. The molecule has 0 aliphatic carbocycles. The minimum Gasteiger partial charge on any atom is -0.481 e. The van der Waals surface area contributed by atoms with Crippen molar-refractivity contribution in [2.45, 2.75) is 4.90 Å². The Labute approximate surface area is 75.5 Å². The lowest BCUT2D eigenvalue weighted by Gasteiger charge is -1.96. The van der Waals surface area contributed by atoms with Crippen LogP contribution in [0.5, 0.6) is 0 Å². The molecule has 2 N–H and O–H groups in total. The predicted octanol–water partition coefficient (Wildman–Crippen LogP) is 2.82. The molecule has 2 nitrogen and oxygen atoms in total. The predicted molar refractivity (Wildman–Crippen MR) is 51.5 cm³/mol. The Bertz CT molecular complexity index is 273. The van der Waals surface area contributed by atoms with E-state index in [1.807, 2.05) is 30.5 Å². The molecule has 0 aliphatic rings. The fourth-order valence-electron chi connectivity index (χ4n) is 0.849. The van der Waals surface area contributed by atoms with Gasteiger partial charge in [-0.1, -0.05) is 12.1 Å². The third kappa shape index (κ3) is 2.51. The largest absolute Gasteiger partial charge is 0.481 e. The molecule has 0 aromatic heterocycles. The summed E-state index contributed by atoms with van der Waals surface area (Å²) in [6.07, 6.45) is 3.29. The first-order valence-electron chi connectivity index (χ1n) is 3.46. The molecule has 3 heteroatoms. The second-order valence-corrected chi connectivity index (χ2v) is 3.16. The van der Waals surface area contributed by atoms with Gasteiger partial charge in [-0.3, -0.25) is 0 Å². The molecule has 0 spiro atoms. The molecule has 0 atom stereocenters. The van der Waals surface area contributed by atoms with Crippen LogP contribution >= 0.6 is 11.8 Å². The Hall–Kier alpha value is -1.09. The van der Waals surface area contributed by atoms with Gasteiger partial charge in [-0.25, -0.2) is 0 Å². The summed E-state index contributed by atoms with van der Waals surface area (Å²) in [5.74, 6) is -0.660. The number of benzene rings is 1. The zero-order valence-corrected chi connectivity index (χ0v) is 7.51. The molecule has 0 amide bonds. The van der Waals surface area contributed by atoms with Crippen molar-refractivity contribution in [3.8, 4) is 0 Å². The zero-order chi connectivity index (χ0) is 8.97. The Balaban J connectivity index is 2.85. The van der Waals surface area contributed by atoms with Gasteiger partial charge in [0.1, 0.15) is 0 Å². The van der Waals surface area contributed by atoms with Crippen molar-refractivity contribution in [2.75, 3.05) is 6.26 Å². The van der Waals surface area contributed by atoms with Crippen LogP contribution in [0.3, 0.4) is 0 Å². The normalized spacial score (nSPS) is 9.42. The molecule has 64 valence electrons. The van der Waals surface area contributed by atoms with Crippen LogP contribution in [-0.2, 0) is 0 Å². The van der Waals surface area contributed by atoms with Gasteiger partial charge in [0.25, 0.3) is 5.95 Å². The fraction of sp³-hybridized carbons (Fsp3) is 0.111. The lowest BCUT2D eigenvalue weighted by Crippen LogP contribution is -1.77. The third-order valence-corrected chi connectivity index (χ3v) is 2.16. The second-order valence-electron chi connectivity index (χ2n) is 2.28. The van der Waals surface area contributed by atoms with Gasteiger partial charge in [0.15, 0.2) is 0 Å². The Morgan fingerprint density at radius 3 is 2.25 bits per heavy atom. The molecule has 0 saturated carbocycles. The summed E-state index contributed by atoms with van der Waals surface area (Å²) in [6.45, 7) is 0. The van der Waals surface area contributed by atoms with Gasteiger partial charge in [0.05, 0.1) is 0 Å². The first-order chi connectivity index (χ1) is 5.72. The van der Waals surface area contributed by atoms with Crippen molar-refractivity contribution in [2.24, 2.45) is 0 Å². The number of hydrogen-bond acceptors (Lipinski definition) is 3. The average molecular weight is 182 g/mol. The van der Waals surface area contributed by atoms with Gasteiger partial charge in [-0.2, -0.15) is 0 Å². The van der Waals surface area contributed by atoms with Crippen LogP contribution in [-0.4, -0.2) is 16.5 Å². The van der Waals surface area contributed by atoms with E-state index in [9.17, 15) is 0 Å². The fourth-order valence-corrected chi connectivity index (χ4v) is 1.26. The highest BCUT2D eigenvalue weighted by Crippen LogP contribution is 2.15. The Morgan fingerprint density at radius 2 is 1.83 bits per heavy atom. The quantitative estimate of drug-likeness (QED) is 0.545. The van der Waals surface area contributed by atoms with Crippen molar-refractivity contribution in [1.82, 2.24) is 0 Å². The van der Waals surface area contributed by atoms with E-state index in [1.54, 1.807) is 11.8 Å². The van der Waals surface area contributed by atoms with E-state index in [-0.39, 0.29) is 0 Å². The van der Waals surface area contributed by atoms with Crippen LogP contribution in [0.1, 0.15) is 5.56 Å². The molecule has 0 unspecified atom stereocenters. The third-order valence-electron chi connectivity index (χ3n) is 1.41. The smallest absolute Gasteiger partial charge is 0.274 e. The highest BCUT2D eigenvalue weighted by atomic mass is 32.2. The van der Waals surface area contributed by atoms with Crippen molar-refractivity contribution in [1.29, 1.82) is 0 Å². The Kier molecular flexibility index (Phi) is 3.05. The minimum atomic E-state index is -0.660. The maximum Gasteiger partial charge on any atom is 0.274 e. The lowest BCUT2D eigenvalue weighted by atomic mass is 10.2. The summed E-state index contributed by atoms with van der Waals surface area (Å²) >= 11 is 1.65. The summed E-state index contributed by atoms with van der Waals surface area (Å²) < 4.78 is 0. The van der Waals surface area contributed by atoms with Crippen molar-refractivity contribution < 1.29 is 10.2 Å². The molecular weight excluding hydrogens is 172 g/mol. The first kappa shape index (κ1) is 9.00. The highest BCUT2D eigenvalue weighted by Gasteiger charge is 1.91. The van der Waals surface area contributed by atoms with Crippen molar-refractivity contribution in [3.05, 3.63) is 35.8 Å².